The van der Waals surface area contributed by atoms with E-state index in [4.69, 9.17) is 9.15 Å². The number of aromatic nitrogens is 1. The Morgan fingerprint density at radius 2 is 2.14 bits per heavy atom. The fraction of sp³-hybridized carbons (Fsp3) is 0.312. The molecule has 0 spiro atoms. The van der Waals surface area contributed by atoms with Crippen molar-refractivity contribution >= 4 is 17.7 Å². The molecule has 114 valence electrons. The van der Waals surface area contributed by atoms with Crippen molar-refractivity contribution in [1.29, 1.82) is 5.26 Å². The summed E-state index contributed by atoms with van der Waals surface area (Å²) >= 11 is 1.41. The Kier molecular flexibility index (Phi) is 4.88. The Bertz CT molecular complexity index is 759. The highest BCUT2D eigenvalue weighted by Gasteiger charge is 2.16. The first-order valence-electron chi connectivity index (χ1n) is 6.65. The number of furan rings is 1. The molecule has 0 radical (unpaired) electrons. The van der Waals surface area contributed by atoms with Gasteiger partial charge in [0.15, 0.2) is 0 Å². The highest BCUT2D eigenvalue weighted by atomic mass is 32.2. The molecule has 0 aliphatic carbocycles. The van der Waals surface area contributed by atoms with Gasteiger partial charge in [0.25, 0.3) is 0 Å². The Labute approximate surface area is 133 Å². The maximum Gasteiger partial charge on any atom is 0.341 e. The van der Waals surface area contributed by atoms with Gasteiger partial charge in [0, 0.05) is 5.69 Å². The van der Waals surface area contributed by atoms with E-state index in [0.717, 1.165) is 11.3 Å². The summed E-state index contributed by atoms with van der Waals surface area (Å²) in [4.78, 5) is 16.0. The van der Waals surface area contributed by atoms with E-state index in [2.05, 4.69) is 11.1 Å². The number of thioether (sulfide) groups is 1. The number of aryl methyl sites for hydroxylation is 3. The van der Waals surface area contributed by atoms with E-state index in [1.165, 1.54) is 18.9 Å². The Hall–Kier alpha value is -2.26. The topological polar surface area (TPSA) is 76.1 Å². The predicted molar refractivity (Wildman–Crippen MR) is 82.8 cm³/mol. The fourth-order valence-electron chi connectivity index (χ4n) is 2.11. The predicted octanol–water partition coefficient (Wildman–Crippen LogP) is 3.55. The van der Waals surface area contributed by atoms with E-state index >= 15 is 0 Å². The number of esters is 1. The summed E-state index contributed by atoms with van der Waals surface area (Å²) in [5.74, 6) is 1.24. The maximum absolute atomic E-state index is 11.6. The smallest absolute Gasteiger partial charge is 0.341 e. The van der Waals surface area contributed by atoms with Gasteiger partial charge >= 0.3 is 5.97 Å². The third-order valence-corrected chi connectivity index (χ3v) is 4.15. The minimum absolute atomic E-state index is 0.417. The lowest BCUT2D eigenvalue weighted by molar-refractivity contribution is 0.0599. The van der Waals surface area contributed by atoms with Gasteiger partial charge in [-0.15, -0.1) is 0 Å². The van der Waals surface area contributed by atoms with Gasteiger partial charge in [-0.3, -0.25) is 0 Å². The van der Waals surface area contributed by atoms with Gasteiger partial charge < -0.3 is 9.15 Å². The highest BCUT2D eigenvalue weighted by molar-refractivity contribution is 7.98. The van der Waals surface area contributed by atoms with Crippen molar-refractivity contribution in [3.63, 3.8) is 0 Å². The summed E-state index contributed by atoms with van der Waals surface area (Å²) < 4.78 is 10.3. The normalized spacial score (nSPS) is 10.3. The van der Waals surface area contributed by atoms with Crippen molar-refractivity contribution in [2.24, 2.45) is 0 Å². The molecule has 2 rings (SSSR count). The number of hydrogen-bond acceptors (Lipinski definition) is 6. The molecule has 5 nitrogen and oxygen atoms in total. The number of carbonyl (C=O) groups excluding carboxylic acids is 1. The van der Waals surface area contributed by atoms with Crippen molar-refractivity contribution < 1.29 is 13.9 Å². The zero-order chi connectivity index (χ0) is 16.3. The van der Waals surface area contributed by atoms with E-state index in [0.29, 0.717) is 33.4 Å². The number of carbonyl (C=O) groups is 1. The molecule has 6 heteroatoms. The molecule has 0 saturated heterocycles. The molecule has 0 aliphatic heterocycles. The van der Waals surface area contributed by atoms with E-state index in [-0.39, 0.29) is 0 Å². The lowest BCUT2D eigenvalue weighted by Crippen LogP contribution is -2.00. The van der Waals surface area contributed by atoms with Gasteiger partial charge in [-0.1, -0.05) is 11.8 Å². The van der Waals surface area contributed by atoms with Gasteiger partial charge in [0.2, 0.25) is 0 Å². The average Bonchev–Trinajstić information content (AvgIpc) is 2.85. The molecule has 0 saturated carbocycles. The molecule has 0 aromatic carbocycles. The third-order valence-electron chi connectivity index (χ3n) is 3.15. The second-order valence-corrected chi connectivity index (χ2v) is 5.80. The molecule has 0 atom stereocenters. The van der Waals surface area contributed by atoms with Gasteiger partial charge in [0.1, 0.15) is 28.2 Å². The molecular weight excluding hydrogens is 300 g/mol. The maximum atomic E-state index is 11.6. The van der Waals surface area contributed by atoms with Crippen LogP contribution in [-0.4, -0.2) is 18.1 Å². The second kappa shape index (κ2) is 6.67. The fourth-order valence-corrected chi connectivity index (χ4v) is 3.09. The summed E-state index contributed by atoms with van der Waals surface area (Å²) in [6.45, 7) is 5.50. The first-order chi connectivity index (χ1) is 10.5. The van der Waals surface area contributed by atoms with Crippen LogP contribution in [0.4, 0.5) is 0 Å². The molecular formula is C16H16N2O3S. The van der Waals surface area contributed by atoms with Crippen molar-refractivity contribution in [2.75, 3.05) is 7.11 Å². The molecule has 0 unspecified atom stereocenters. The van der Waals surface area contributed by atoms with Crippen molar-refractivity contribution in [2.45, 2.75) is 31.6 Å². The van der Waals surface area contributed by atoms with Crippen molar-refractivity contribution in [3.05, 3.63) is 46.0 Å². The molecule has 0 amide bonds. The van der Waals surface area contributed by atoms with Crippen LogP contribution in [-0.2, 0) is 10.5 Å². The molecule has 2 heterocycles. The monoisotopic (exact) mass is 316 g/mol. The summed E-state index contributed by atoms with van der Waals surface area (Å²) in [5, 5.41) is 9.93. The van der Waals surface area contributed by atoms with Gasteiger partial charge in [-0.25, -0.2) is 9.78 Å². The molecule has 22 heavy (non-hydrogen) atoms. The van der Waals surface area contributed by atoms with Crippen molar-refractivity contribution in [1.82, 2.24) is 4.98 Å². The minimum Gasteiger partial charge on any atom is -0.465 e. The van der Waals surface area contributed by atoms with Crippen LogP contribution < -0.4 is 0 Å². The SMILES string of the molecule is COC(=O)c1cc(CSc2nc(C)cc(C)c2C#N)oc1C. The summed E-state index contributed by atoms with van der Waals surface area (Å²) in [7, 11) is 1.34. The first-order valence-corrected chi connectivity index (χ1v) is 7.63. The number of rotatable bonds is 4. The van der Waals surface area contributed by atoms with Crippen LogP contribution in [0.15, 0.2) is 21.6 Å². The molecule has 0 N–H and O–H groups in total. The lowest BCUT2D eigenvalue weighted by Gasteiger charge is -2.06. The van der Waals surface area contributed by atoms with E-state index in [1.807, 2.05) is 19.9 Å². The minimum atomic E-state index is -0.417. The zero-order valence-corrected chi connectivity index (χ0v) is 13.7. The number of methoxy groups -OCH3 is 1. The number of hydrogen-bond donors (Lipinski definition) is 0. The summed E-state index contributed by atoms with van der Waals surface area (Å²) in [6, 6.07) is 5.74. The Morgan fingerprint density at radius 3 is 2.77 bits per heavy atom. The van der Waals surface area contributed by atoms with E-state index < -0.39 is 5.97 Å². The summed E-state index contributed by atoms with van der Waals surface area (Å²) in [5.41, 5.74) is 2.77. The zero-order valence-electron chi connectivity index (χ0n) is 12.9. The van der Waals surface area contributed by atoms with Crippen LogP contribution in [0, 0.1) is 32.1 Å². The molecule has 2 aromatic heterocycles. The Morgan fingerprint density at radius 1 is 1.41 bits per heavy atom. The van der Waals surface area contributed by atoms with E-state index in [9.17, 15) is 10.1 Å². The number of pyridine rings is 1. The Balaban J connectivity index is 2.21. The standard InChI is InChI=1S/C16H16N2O3S/c1-9-5-10(2)18-15(14(9)7-17)22-8-12-6-13(11(3)21-12)16(19)20-4/h5-6H,8H2,1-4H3. The number of ether oxygens (including phenoxy) is 1. The third kappa shape index (κ3) is 3.31. The molecule has 0 fully saturated rings. The van der Waals surface area contributed by atoms with Crippen LogP contribution in [0.3, 0.4) is 0 Å². The van der Waals surface area contributed by atoms with Crippen LogP contribution >= 0.6 is 11.8 Å². The van der Waals surface area contributed by atoms with Crippen LogP contribution in [0.2, 0.25) is 0 Å². The molecule has 0 aliphatic rings. The van der Waals surface area contributed by atoms with Crippen LogP contribution in [0.5, 0.6) is 0 Å². The highest BCUT2D eigenvalue weighted by Crippen LogP contribution is 2.28. The summed E-state index contributed by atoms with van der Waals surface area (Å²) in [6.07, 6.45) is 0. The second-order valence-electron chi connectivity index (χ2n) is 4.84. The van der Waals surface area contributed by atoms with Crippen LogP contribution in [0.1, 0.15) is 38.7 Å². The number of nitriles is 1. The van der Waals surface area contributed by atoms with Gasteiger partial charge in [-0.05, 0) is 38.5 Å². The lowest BCUT2D eigenvalue weighted by atomic mass is 10.1. The first kappa shape index (κ1) is 16.1. The molecule has 2 aromatic rings. The van der Waals surface area contributed by atoms with Crippen molar-refractivity contribution in [3.8, 4) is 6.07 Å². The number of nitrogens with zero attached hydrogens (tertiary/aromatic N) is 2. The molecule has 0 bridgehead atoms. The van der Waals surface area contributed by atoms with E-state index in [1.54, 1.807) is 13.0 Å². The quantitative estimate of drug-likeness (QED) is 0.634. The van der Waals surface area contributed by atoms with Gasteiger partial charge in [0.05, 0.1) is 18.4 Å². The average molecular weight is 316 g/mol. The van der Waals surface area contributed by atoms with Gasteiger partial charge in [-0.2, -0.15) is 5.26 Å². The van der Waals surface area contributed by atoms with Crippen LogP contribution in [0.25, 0.3) is 0 Å². The largest absolute Gasteiger partial charge is 0.465 e.